The summed E-state index contributed by atoms with van der Waals surface area (Å²) in [5.41, 5.74) is 1.57. The molecule has 2 aliphatic heterocycles. The number of hydrogen-bond acceptors (Lipinski definition) is 3. The van der Waals surface area contributed by atoms with Crippen molar-refractivity contribution in [1.82, 2.24) is 4.90 Å². The van der Waals surface area contributed by atoms with Gasteiger partial charge in [-0.05, 0) is 43.9 Å². The Morgan fingerprint density at radius 3 is 2.83 bits per heavy atom. The van der Waals surface area contributed by atoms with Crippen molar-refractivity contribution < 1.29 is 14.3 Å². The van der Waals surface area contributed by atoms with Crippen LogP contribution in [-0.2, 0) is 9.47 Å². The summed E-state index contributed by atoms with van der Waals surface area (Å²) in [7, 11) is 0. The number of carbonyl (C=O) groups is 1. The number of nitrogens with zero attached hydrogens (tertiary/aromatic N) is 1. The zero-order valence-corrected chi connectivity index (χ0v) is 14.3. The largest absolute Gasteiger partial charge is 0.381 e. The van der Waals surface area contributed by atoms with Crippen LogP contribution in [0.3, 0.4) is 0 Å². The molecule has 1 aromatic carbocycles. The molecule has 1 amide bonds. The number of halogens is 1. The van der Waals surface area contributed by atoms with Crippen LogP contribution in [0.25, 0.3) is 0 Å². The van der Waals surface area contributed by atoms with Gasteiger partial charge in [-0.25, -0.2) is 0 Å². The maximum absolute atomic E-state index is 12.7. The molecule has 0 saturated carbocycles. The normalized spacial score (nSPS) is 22.5. The Bertz CT molecular complexity index is 549. The highest BCUT2D eigenvalue weighted by molar-refractivity contribution is 6.31. The van der Waals surface area contributed by atoms with Crippen molar-refractivity contribution in [3.05, 3.63) is 34.3 Å². The van der Waals surface area contributed by atoms with E-state index in [9.17, 15) is 4.79 Å². The number of ether oxygens (including phenoxy) is 2. The van der Waals surface area contributed by atoms with Gasteiger partial charge >= 0.3 is 0 Å². The van der Waals surface area contributed by atoms with Crippen LogP contribution in [0.2, 0.25) is 5.02 Å². The Morgan fingerprint density at radius 2 is 2.13 bits per heavy atom. The quantitative estimate of drug-likeness (QED) is 0.846. The Morgan fingerprint density at radius 1 is 1.35 bits per heavy atom. The van der Waals surface area contributed by atoms with E-state index in [1.807, 2.05) is 30.0 Å². The molecule has 0 aromatic heterocycles. The van der Waals surface area contributed by atoms with Crippen LogP contribution < -0.4 is 0 Å². The zero-order chi connectivity index (χ0) is 16.2. The van der Waals surface area contributed by atoms with Gasteiger partial charge in [0.1, 0.15) is 0 Å². The van der Waals surface area contributed by atoms with Gasteiger partial charge in [0.15, 0.2) is 0 Å². The van der Waals surface area contributed by atoms with Crippen LogP contribution >= 0.6 is 11.6 Å². The average molecular weight is 338 g/mol. The van der Waals surface area contributed by atoms with Crippen LogP contribution in [-0.4, -0.2) is 49.8 Å². The summed E-state index contributed by atoms with van der Waals surface area (Å²) in [5.74, 6) is 0.622. The molecule has 2 aliphatic rings. The van der Waals surface area contributed by atoms with Gasteiger partial charge in [0.2, 0.25) is 0 Å². The molecule has 126 valence electrons. The molecule has 2 fully saturated rings. The molecule has 2 saturated heterocycles. The average Bonchev–Trinajstić information content (AvgIpc) is 3.09. The predicted octanol–water partition coefficient (Wildman–Crippen LogP) is 3.31. The molecule has 2 heterocycles. The van der Waals surface area contributed by atoms with Crippen molar-refractivity contribution in [1.29, 1.82) is 0 Å². The molecule has 1 aromatic rings. The van der Waals surface area contributed by atoms with Gasteiger partial charge in [-0.2, -0.15) is 0 Å². The lowest BCUT2D eigenvalue weighted by Gasteiger charge is -2.32. The van der Waals surface area contributed by atoms with E-state index < -0.39 is 0 Å². The predicted molar refractivity (Wildman–Crippen MR) is 90.0 cm³/mol. The molecule has 5 heteroatoms. The van der Waals surface area contributed by atoms with Crippen molar-refractivity contribution in [3.63, 3.8) is 0 Å². The van der Waals surface area contributed by atoms with E-state index >= 15 is 0 Å². The van der Waals surface area contributed by atoms with E-state index in [1.165, 1.54) is 0 Å². The standard InChI is InChI=1S/C18H24ClNO3/c1-13-16(3-2-4-17(13)19)18(21)20-8-5-15(6-9-20)23-12-14-7-10-22-11-14/h2-4,14-15H,5-12H2,1H3. The maximum atomic E-state index is 12.7. The van der Waals surface area contributed by atoms with Crippen LogP contribution in [0, 0.1) is 12.8 Å². The number of piperidine rings is 1. The van der Waals surface area contributed by atoms with Gasteiger partial charge in [-0.1, -0.05) is 17.7 Å². The summed E-state index contributed by atoms with van der Waals surface area (Å²) < 4.78 is 11.4. The van der Waals surface area contributed by atoms with Crippen LogP contribution in [0.15, 0.2) is 18.2 Å². The van der Waals surface area contributed by atoms with E-state index in [4.69, 9.17) is 21.1 Å². The first-order valence-corrected chi connectivity index (χ1v) is 8.76. The molecule has 1 unspecified atom stereocenters. The molecule has 3 rings (SSSR count). The fraction of sp³-hybridized carbons (Fsp3) is 0.611. The highest BCUT2D eigenvalue weighted by Gasteiger charge is 2.26. The Labute approximate surface area is 142 Å². The molecular formula is C18H24ClNO3. The molecule has 0 spiro atoms. The number of carbonyl (C=O) groups excluding carboxylic acids is 1. The number of benzene rings is 1. The second-order valence-electron chi connectivity index (χ2n) is 6.47. The molecule has 0 N–H and O–H groups in total. The summed E-state index contributed by atoms with van der Waals surface area (Å²) in [5, 5.41) is 0.646. The monoisotopic (exact) mass is 337 g/mol. The molecule has 0 bridgehead atoms. The molecular weight excluding hydrogens is 314 g/mol. The van der Waals surface area contributed by atoms with Crippen molar-refractivity contribution >= 4 is 17.5 Å². The van der Waals surface area contributed by atoms with E-state index in [0.717, 1.165) is 57.7 Å². The molecule has 0 radical (unpaired) electrons. The van der Waals surface area contributed by atoms with Gasteiger partial charge in [-0.15, -0.1) is 0 Å². The van der Waals surface area contributed by atoms with E-state index in [0.29, 0.717) is 16.5 Å². The second-order valence-corrected chi connectivity index (χ2v) is 6.87. The summed E-state index contributed by atoms with van der Waals surface area (Å²) in [4.78, 5) is 14.6. The third-order valence-electron chi connectivity index (χ3n) is 4.82. The van der Waals surface area contributed by atoms with E-state index in [1.54, 1.807) is 0 Å². The van der Waals surface area contributed by atoms with Gasteiger partial charge in [0.25, 0.3) is 5.91 Å². The Hall–Kier alpha value is -1.10. The highest BCUT2D eigenvalue weighted by Crippen LogP contribution is 2.23. The number of likely N-dealkylation sites (tertiary alicyclic amines) is 1. The second kappa shape index (κ2) is 7.65. The third kappa shape index (κ3) is 4.06. The first-order chi connectivity index (χ1) is 11.1. The molecule has 1 atom stereocenters. The van der Waals surface area contributed by atoms with Crippen molar-refractivity contribution in [3.8, 4) is 0 Å². The van der Waals surface area contributed by atoms with Crippen LogP contribution in [0.1, 0.15) is 35.2 Å². The highest BCUT2D eigenvalue weighted by atomic mass is 35.5. The van der Waals surface area contributed by atoms with Gasteiger partial charge in [-0.3, -0.25) is 4.79 Å². The first kappa shape index (κ1) is 16.7. The number of rotatable bonds is 4. The van der Waals surface area contributed by atoms with Crippen molar-refractivity contribution in [2.75, 3.05) is 32.9 Å². The molecule has 0 aliphatic carbocycles. The van der Waals surface area contributed by atoms with Gasteiger partial charge < -0.3 is 14.4 Å². The molecule has 23 heavy (non-hydrogen) atoms. The Kier molecular flexibility index (Phi) is 5.57. The third-order valence-corrected chi connectivity index (χ3v) is 5.23. The van der Waals surface area contributed by atoms with Crippen LogP contribution in [0.4, 0.5) is 0 Å². The summed E-state index contributed by atoms with van der Waals surface area (Å²) in [6.45, 7) is 5.86. The minimum Gasteiger partial charge on any atom is -0.381 e. The first-order valence-electron chi connectivity index (χ1n) is 8.39. The summed E-state index contributed by atoms with van der Waals surface area (Å²) in [6.07, 6.45) is 3.17. The smallest absolute Gasteiger partial charge is 0.254 e. The minimum atomic E-state index is 0.0765. The fourth-order valence-electron chi connectivity index (χ4n) is 3.22. The maximum Gasteiger partial charge on any atom is 0.254 e. The summed E-state index contributed by atoms with van der Waals surface area (Å²) in [6, 6.07) is 5.51. The minimum absolute atomic E-state index is 0.0765. The van der Waals surface area contributed by atoms with E-state index in [2.05, 4.69) is 0 Å². The zero-order valence-electron chi connectivity index (χ0n) is 13.6. The number of hydrogen-bond donors (Lipinski definition) is 0. The SMILES string of the molecule is Cc1c(Cl)cccc1C(=O)N1CCC(OCC2CCOC2)CC1. The lowest BCUT2D eigenvalue weighted by molar-refractivity contribution is -0.00794. The number of amides is 1. The van der Waals surface area contributed by atoms with Crippen molar-refractivity contribution in [2.45, 2.75) is 32.3 Å². The van der Waals surface area contributed by atoms with E-state index in [-0.39, 0.29) is 12.0 Å². The van der Waals surface area contributed by atoms with Gasteiger partial charge in [0.05, 0.1) is 19.3 Å². The fourth-order valence-corrected chi connectivity index (χ4v) is 3.40. The van der Waals surface area contributed by atoms with Gasteiger partial charge in [0, 0.05) is 36.2 Å². The Balaban J connectivity index is 1.50. The lowest BCUT2D eigenvalue weighted by atomic mass is 10.0. The lowest BCUT2D eigenvalue weighted by Crippen LogP contribution is -2.41. The molecule has 4 nitrogen and oxygen atoms in total. The summed E-state index contributed by atoms with van der Waals surface area (Å²) >= 11 is 6.12. The topological polar surface area (TPSA) is 38.8 Å². The van der Waals surface area contributed by atoms with Crippen LogP contribution in [0.5, 0.6) is 0 Å². The van der Waals surface area contributed by atoms with Crippen molar-refractivity contribution in [2.24, 2.45) is 5.92 Å².